The minimum absolute atomic E-state index is 0.253. The van der Waals surface area contributed by atoms with Crippen molar-refractivity contribution in [3.8, 4) is 5.75 Å². The number of hydrogen-bond donors (Lipinski definition) is 1. The summed E-state index contributed by atoms with van der Waals surface area (Å²) in [6, 6.07) is 11.6. The fourth-order valence-electron chi connectivity index (χ4n) is 3.03. The zero-order valence-electron chi connectivity index (χ0n) is 14.6. The highest BCUT2D eigenvalue weighted by molar-refractivity contribution is 5.86. The van der Waals surface area contributed by atoms with Crippen molar-refractivity contribution in [2.24, 2.45) is 4.99 Å². The lowest BCUT2D eigenvalue weighted by Crippen LogP contribution is -2.17. The van der Waals surface area contributed by atoms with Crippen LogP contribution in [-0.4, -0.2) is 33.8 Å². The molecule has 0 atom stereocenters. The van der Waals surface area contributed by atoms with Gasteiger partial charge in [-0.2, -0.15) is 0 Å². The van der Waals surface area contributed by atoms with E-state index in [-0.39, 0.29) is 5.75 Å². The van der Waals surface area contributed by atoms with Gasteiger partial charge in [0.1, 0.15) is 23.9 Å². The normalized spacial score (nSPS) is 13.1. The summed E-state index contributed by atoms with van der Waals surface area (Å²) < 4.78 is 43.5. The molecule has 0 fully saturated rings. The molecule has 4 rings (SSSR count). The third-order valence-corrected chi connectivity index (χ3v) is 4.18. The van der Waals surface area contributed by atoms with Crippen molar-refractivity contribution < 1.29 is 17.9 Å². The van der Waals surface area contributed by atoms with Crippen molar-refractivity contribution in [1.82, 2.24) is 14.5 Å². The van der Waals surface area contributed by atoms with Gasteiger partial charge >= 0.3 is 6.36 Å². The number of halogens is 3. The van der Waals surface area contributed by atoms with Gasteiger partial charge in [0.2, 0.25) is 0 Å². The number of alkyl halides is 3. The van der Waals surface area contributed by atoms with Crippen molar-refractivity contribution in [2.75, 3.05) is 12.0 Å². The average Bonchev–Trinajstić information content (AvgIpc) is 2.99. The van der Waals surface area contributed by atoms with E-state index in [9.17, 15) is 13.2 Å². The minimum Gasteiger partial charge on any atom is -0.406 e. The van der Waals surface area contributed by atoms with Crippen LogP contribution in [0.2, 0.25) is 0 Å². The van der Waals surface area contributed by atoms with Crippen molar-refractivity contribution >= 4 is 12.0 Å². The zero-order chi connectivity index (χ0) is 19.6. The maximum Gasteiger partial charge on any atom is 0.573 e. The van der Waals surface area contributed by atoms with Crippen LogP contribution in [0.25, 0.3) is 0 Å². The van der Waals surface area contributed by atoms with Crippen LogP contribution in [0.1, 0.15) is 22.8 Å². The molecule has 0 spiro atoms. The number of pyridine rings is 1. The number of anilines is 1. The van der Waals surface area contributed by atoms with E-state index in [0.29, 0.717) is 36.8 Å². The molecule has 3 aromatic rings. The lowest BCUT2D eigenvalue weighted by molar-refractivity contribution is -0.274. The third-order valence-electron chi connectivity index (χ3n) is 4.18. The number of nitrogens with one attached hydrogen (secondary N) is 1. The number of ether oxygens (including phenoxy) is 1. The molecule has 1 aromatic carbocycles. The molecule has 1 aliphatic rings. The Labute approximate surface area is 158 Å². The van der Waals surface area contributed by atoms with Crippen LogP contribution in [-0.2, 0) is 13.0 Å². The van der Waals surface area contributed by atoms with Crippen LogP contribution in [0.15, 0.2) is 53.7 Å². The van der Waals surface area contributed by atoms with E-state index in [2.05, 4.69) is 25.0 Å². The van der Waals surface area contributed by atoms with E-state index in [4.69, 9.17) is 0 Å². The Morgan fingerprint density at radius 1 is 1.14 bits per heavy atom. The number of nitrogens with zero attached hydrogens (tertiary/aromatic N) is 4. The first-order valence-corrected chi connectivity index (χ1v) is 8.56. The number of hydrogen-bond acceptors (Lipinski definition) is 5. The van der Waals surface area contributed by atoms with E-state index >= 15 is 0 Å². The Balaban J connectivity index is 1.65. The van der Waals surface area contributed by atoms with Gasteiger partial charge in [-0.3, -0.25) is 9.98 Å². The SMILES string of the molecule is FC(F)(F)Oc1cccc(Cc2nc3c(n2Cc2ccccn2)C=NCN3)c1. The van der Waals surface area contributed by atoms with Gasteiger partial charge in [-0.25, -0.2) is 4.98 Å². The Hall–Kier alpha value is -3.36. The van der Waals surface area contributed by atoms with Gasteiger partial charge in [-0.15, -0.1) is 13.2 Å². The van der Waals surface area contributed by atoms with E-state index in [1.807, 2.05) is 22.8 Å². The predicted molar refractivity (Wildman–Crippen MR) is 97.6 cm³/mol. The topological polar surface area (TPSA) is 64.3 Å². The summed E-state index contributed by atoms with van der Waals surface area (Å²) >= 11 is 0. The molecule has 0 bridgehead atoms. The smallest absolute Gasteiger partial charge is 0.406 e. The first kappa shape index (κ1) is 18.0. The van der Waals surface area contributed by atoms with Gasteiger partial charge in [0.05, 0.1) is 18.5 Å². The van der Waals surface area contributed by atoms with Gasteiger partial charge in [-0.05, 0) is 29.8 Å². The second-order valence-corrected chi connectivity index (χ2v) is 6.19. The highest BCUT2D eigenvalue weighted by atomic mass is 19.4. The fourth-order valence-corrected chi connectivity index (χ4v) is 3.03. The Kier molecular flexibility index (Phi) is 4.72. The first-order valence-electron chi connectivity index (χ1n) is 8.56. The van der Waals surface area contributed by atoms with Crippen LogP contribution in [0.5, 0.6) is 5.75 Å². The summed E-state index contributed by atoms with van der Waals surface area (Å²) in [5.41, 5.74) is 2.31. The van der Waals surface area contributed by atoms with Crippen LogP contribution in [0.3, 0.4) is 0 Å². The van der Waals surface area contributed by atoms with Gasteiger partial charge in [0.15, 0.2) is 5.82 Å². The van der Waals surface area contributed by atoms with Crippen molar-refractivity contribution in [2.45, 2.75) is 19.3 Å². The summed E-state index contributed by atoms with van der Waals surface area (Å²) in [4.78, 5) is 13.2. The minimum atomic E-state index is -4.73. The molecule has 6 nitrogen and oxygen atoms in total. The van der Waals surface area contributed by atoms with Gasteiger partial charge in [0.25, 0.3) is 0 Å². The number of fused-ring (bicyclic) bond motifs is 1. The average molecular weight is 387 g/mol. The lowest BCUT2D eigenvalue weighted by Gasteiger charge is -2.13. The van der Waals surface area contributed by atoms with Crippen LogP contribution in [0.4, 0.5) is 19.0 Å². The second-order valence-electron chi connectivity index (χ2n) is 6.19. The standard InChI is InChI=1S/C19H16F3N5O/c20-19(21,22)28-15-6-3-4-13(8-15)9-17-26-18-16(10-23-12-25-18)27(17)11-14-5-1-2-7-24-14/h1-8,10,25H,9,11-12H2. The molecule has 0 amide bonds. The molecule has 0 radical (unpaired) electrons. The van der Waals surface area contributed by atoms with Crippen LogP contribution >= 0.6 is 0 Å². The highest BCUT2D eigenvalue weighted by Gasteiger charge is 2.31. The molecule has 0 aliphatic carbocycles. The number of rotatable bonds is 5. The Morgan fingerprint density at radius 3 is 2.82 bits per heavy atom. The summed E-state index contributed by atoms with van der Waals surface area (Å²) in [5.74, 6) is 1.14. The first-order chi connectivity index (χ1) is 13.5. The molecule has 144 valence electrons. The number of imidazole rings is 1. The zero-order valence-corrected chi connectivity index (χ0v) is 14.6. The Bertz CT molecular complexity index is 999. The summed E-state index contributed by atoms with van der Waals surface area (Å²) in [7, 11) is 0. The Morgan fingerprint density at radius 2 is 2.04 bits per heavy atom. The van der Waals surface area contributed by atoms with E-state index in [0.717, 1.165) is 11.4 Å². The molecule has 3 heterocycles. The lowest BCUT2D eigenvalue weighted by atomic mass is 10.1. The molecule has 0 saturated heterocycles. The monoisotopic (exact) mass is 387 g/mol. The van der Waals surface area contributed by atoms with E-state index in [1.165, 1.54) is 18.2 Å². The number of aliphatic imine (C=N–C) groups is 1. The van der Waals surface area contributed by atoms with Crippen molar-refractivity contribution in [3.63, 3.8) is 0 Å². The summed E-state index contributed by atoms with van der Waals surface area (Å²) in [6.07, 6.45) is -0.933. The molecule has 28 heavy (non-hydrogen) atoms. The third kappa shape index (κ3) is 4.13. The molecule has 9 heteroatoms. The van der Waals surface area contributed by atoms with Crippen LogP contribution < -0.4 is 10.1 Å². The van der Waals surface area contributed by atoms with Gasteiger partial charge < -0.3 is 14.6 Å². The quantitative estimate of drug-likeness (QED) is 0.726. The van der Waals surface area contributed by atoms with Gasteiger partial charge in [-0.1, -0.05) is 18.2 Å². The van der Waals surface area contributed by atoms with E-state index in [1.54, 1.807) is 18.5 Å². The molecule has 0 saturated carbocycles. The van der Waals surface area contributed by atoms with Crippen molar-refractivity contribution in [3.05, 3.63) is 71.4 Å². The van der Waals surface area contributed by atoms with Crippen LogP contribution in [0, 0.1) is 0 Å². The highest BCUT2D eigenvalue weighted by Crippen LogP contribution is 2.26. The van der Waals surface area contributed by atoms with Crippen molar-refractivity contribution in [1.29, 1.82) is 0 Å². The summed E-state index contributed by atoms with van der Waals surface area (Å²) in [5, 5.41) is 3.11. The molecule has 1 N–H and O–H groups in total. The second kappa shape index (κ2) is 7.34. The maximum atomic E-state index is 12.5. The molecule has 2 aromatic heterocycles. The largest absolute Gasteiger partial charge is 0.573 e. The predicted octanol–water partition coefficient (Wildman–Crippen LogP) is 3.62. The number of aromatic nitrogens is 3. The van der Waals surface area contributed by atoms with Gasteiger partial charge in [0, 0.05) is 12.6 Å². The molecule has 0 unspecified atom stereocenters. The van der Waals surface area contributed by atoms with E-state index < -0.39 is 6.36 Å². The molecular formula is C19H16F3N5O. The number of benzene rings is 1. The molecular weight excluding hydrogens is 371 g/mol. The maximum absolute atomic E-state index is 12.5. The molecule has 1 aliphatic heterocycles. The summed E-state index contributed by atoms with van der Waals surface area (Å²) in [6.45, 7) is 0.910. The fraction of sp³-hybridized carbons (Fsp3) is 0.211.